The lowest BCUT2D eigenvalue weighted by Gasteiger charge is -2.38. The maximum absolute atomic E-state index is 2.52. The van der Waals surface area contributed by atoms with E-state index in [1.807, 2.05) is 0 Å². The molecule has 1 aromatic rings. The van der Waals surface area contributed by atoms with Gasteiger partial charge in [0.05, 0.1) is 6.17 Å². The monoisotopic (exact) mass is 234 g/mol. The standard InChI is InChI=1S/C15H26N2/c1-5-16(6-2)15(17(7-3)8-4)14-12-10-9-11-13-14/h9-13,15H,5-8H2,1-4H3. The Kier molecular flexibility index (Phi) is 6.23. The predicted molar refractivity (Wildman–Crippen MR) is 75.0 cm³/mol. The Labute approximate surface area is 106 Å². The molecule has 0 atom stereocenters. The minimum Gasteiger partial charge on any atom is -0.285 e. The zero-order chi connectivity index (χ0) is 12.7. The van der Waals surface area contributed by atoms with Gasteiger partial charge in [-0.25, -0.2) is 0 Å². The lowest BCUT2D eigenvalue weighted by Crippen LogP contribution is -2.41. The lowest BCUT2D eigenvalue weighted by atomic mass is 10.1. The Morgan fingerprint density at radius 2 is 1.18 bits per heavy atom. The second-order valence-electron chi connectivity index (χ2n) is 4.23. The highest BCUT2D eigenvalue weighted by Crippen LogP contribution is 2.24. The van der Waals surface area contributed by atoms with Gasteiger partial charge < -0.3 is 0 Å². The summed E-state index contributed by atoms with van der Waals surface area (Å²) in [6, 6.07) is 10.8. The predicted octanol–water partition coefficient (Wildman–Crippen LogP) is 3.37. The molecule has 0 heterocycles. The van der Waals surface area contributed by atoms with E-state index in [2.05, 4.69) is 67.8 Å². The maximum Gasteiger partial charge on any atom is 0.0885 e. The Bertz CT molecular complexity index is 277. The molecule has 96 valence electrons. The van der Waals surface area contributed by atoms with Crippen molar-refractivity contribution < 1.29 is 0 Å². The first kappa shape index (κ1) is 14.2. The molecule has 17 heavy (non-hydrogen) atoms. The summed E-state index contributed by atoms with van der Waals surface area (Å²) in [5.41, 5.74) is 1.40. The Hall–Kier alpha value is -0.860. The smallest absolute Gasteiger partial charge is 0.0885 e. The molecule has 0 bridgehead atoms. The molecule has 0 saturated heterocycles. The number of hydrogen-bond donors (Lipinski definition) is 0. The fraction of sp³-hybridized carbons (Fsp3) is 0.600. The fourth-order valence-corrected chi connectivity index (χ4v) is 2.42. The SMILES string of the molecule is CCN(CC)C(c1ccccc1)N(CC)CC. The summed E-state index contributed by atoms with van der Waals surface area (Å²) in [5, 5.41) is 0. The van der Waals surface area contributed by atoms with Crippen molar-refractivity contribution in [3.63, 3.8) is 0 Å². The van der Waals surface area contributed by atoms with Gasteiger partial charge in [-0.3, -0.25) is 9.80 Å². The quantitative estimate of drug-likeness (QED) is 0.667. The minimum atomic E-state index is 0.418. The van der Waals surface area contributed by atoms with Gasteiger partial charge in [0, 0.05) is 0 Å². The van der Waals surface area contributed by atoms with Gasteiger partial charge in [0.1, 0.15) is 0 Å². The molecule has 0 aliphatic rings. The Morgan fingerprint density at radius 3 is 1.53 bits per heavy atom. The molecule has 1 rings (SSSR count). The van der Waals surface area contributed by atoms with Crippen LogP contribution in [0.4, 0.5) is 0 Å². The molecule has 0 radical (unpaired) electrons. The van der Waals surface area contributed by atoms with E-state index in [9.17, 15) is 0 Å². The Balaban J connectivity index is 3.01. The maximum atomic E-state index is 2.52. The first-order valence-electron chi connectivity index (χ1n) is 6.81. The van der Waals surface area contributed by atoms with E-state index in [1.165, 1.54) is 5.56 Å². The molecule has 0 amide bonds. The van der Waals surface area contributed by atoms with E-state index in [-0.39, 0.29) is 0 Å². The van der Waals surface area contributed by atoms with E-state index in [4.69, 9.17) is 0 Å². The van der Waals surface area contributed by atoms with Crippen LogP contribution in [-0.4, -0.2) is 36.0 Å². The van der Waals surface area contributed by atoms with Crippen LogP contribution in [0.2, 0.25) is 0 Å². The molecule has 0 spiro atoms. The highest BCUT2D eigenvalue weighted by molar-refractivity contribution is 5.18. The van der Waals surface area contributed by atoms with Gasteiger partial charge in [0.25, 0.3) is 0 Å². The lowest BCUT2D eigenvalue weighted by molar-refractivity contribution is 0.0560. The van der Waals surface area contributed by atoms with Crippen molar-refractivity contribution in [3.05, 3.63) is 35.9 Å². The third-order valence-electron chi connectivity index (χ3n) is 3.41. The molecule has 0 aliphatic carbocycles. The molecule has 1 aromatic carbocycles. The molecule has 0 unspecified atom stereocenters. The summed E-state index contributed by atoms with van der Waals surface area (Å²) >= 11 is 0. The van der Waals surface area contributed by atoms with Crippen LogP contribution >= 0.6 is 0 Å². The first-order chi connectivity index (χ1) is 8.28. The second-order valence-corrected chi connectivity index (χ2v) is 4.23. The van der Waals surface area contributed by atoms with E-state index >= 15 is 0 Å². The molecule has 0 aromatic heterocycles. The van der Waals surface area contributed by atoms with Crippen LogP contribution < -0.4 is 0 Å². The largest absolute Gasteiger partial charge is 0.285 e. The summed E-state index contributed by atoms with van der Waals surface area (Å²) in [6.07, 6.45) is 0.418. The molecule has 2 nitrogen and oxygen atoms in total. The van der Waals surface area contributed by atoms with E-state index in [1.54, 1.807) is 0 Å². The number of nitrogens with zero attached hydrogens (tertiary/aromatic N) is 2. The van der Waals surface area contributed by atoms with Crippen molar-refractivity contribution in [2.75, 3.05) is 26.2 Å². The molecule has 0 N–H and O–H groups in total. The van der Waals surface area contributed by atoms with Gasteiger partial charge in [-0.1, -0.05) is 58.0 Å². The molecule has 0 saturated carbocycles. The summed E-state index contributed by atoms with van der Waals surface area (Å²) in [5.74, 6) is 0. The van der Waals surface area contributed by atoms with Crippen LogP contribution in [-0.2, 0) is 0 Å². The van der Waals surface area contributed by atoms with Gasteiger partial charge in [-0.05, 0) is 31.7 Å². The van der Waals surface area contributed by atoms with Crippen molar-refractivity contribution in [2.24, 2.45) is 0 Å². The topological polar surface area (TPSA) is 6.48 Å². The van der Waals surface area contributed by atoms with Crippen molar-refractivity contribution in [1.29, 1.82) is 0 Å². The highest BCUT2D eigenvalue weighted by Gasteiger charge is 2.22. The molecular formula is C15H26N2. The number of benzene rings is 1. The zero-order valence-electron chi connectivity index (χ0n) is 11.7. The van der Waals surface area contributed by atoms with Gasteiger partial charge in [0.15, 0.2) is 0 Å². The fourth-order valence-electron chi connectivity index (χ4n) is 2.42. The Morgan fingerprint density at radius 1 is 0.765 bits per heavy atom. The van der Waals surface area contributed by atoms with Crippen LogP contribution in [0.1, 0.15) is 39.4 Å². The van der Waals surface area contributed by atoms with Crippen LogP contribution in [0, 0.1) is 0 Å². The third-order valence-corrected chi connectivity index (χ3v) is 3.41. The number of rotatable bonds is 7. The van der Waals surface area contributed by atoms with Crippen molar-refractivity contribution in [1.82, 2.24) is 9.80 Å². The van der Waals surface area contributed by atoms with Crippen LogP contribution in [0.25, 0.3) is 0 Å². The van der Waals surface area contributed by atoms with Crippen LogP contribution in [0.15, 0.2) is 30.3 Å². The molecule has 2 heteroatoms. The first-order valence-corrected chi connectivity index (χ1v) is 6.81. The van der Waals surface area contributed by atoms with Crippen molar-refractivity contribution in [2.45, 2.75) is 33.9 Å². The van der Waals surface area contributed by atoms with E-state index < -0.39 is 0 Å². The van der Waals surface area contributed by atoms with Crippen molar-refractivity contribution in [3.8, 4) is 0 Å². The van der Waals surface area contributed by atoms with Crippen LogP contribution in [0.3, 0.4) is 0 Å². The van der Waals surface area contributed by atoms with E-state index in [0.717, 1.165) is 26.2 Å². The zero-order valence-corrected chi connectivity index (χ0v) is 11.7. The minimum absolute atomic E-state index is 0.418. The number of hydrogen-bond acceptors (Lipinski definition) is 2. The van der Waals surface area contributed by atoms with Gasteiger partial charge in [-0.15, -0.1) is 0 Å². The summed E-state index contributed by atoms with van der Waals surface area (Å²) in [7, 11) is 0. The summed E-state index contributed by atoms with van der Waals surface area (Å²) in [4.78, 5) is 5.03. The molecule has 0 aliphatic heterocycles. The normalized spacial score (nSPS) is 11.7. The van der Waals surface area contributed by atoms with Crippen LogP contribution in [0.5, 0.6) is 0 Å². The van der Waals surface area contributed by atoms with E-state index in [0.29, 0.717) is 6.17 Å². The van der Waals surface area contributed by atoms with Gasteiger partial charge >= 0.3 is 0 Å². The summed E-state index contributed by atoms with van der Waals surface area (Å²) < 4.78 is 0. The second kappa shape index (κ2) is 7.46. The summed E-state index contributed by atoms with van der Waals surface area (Å²) in [6.45, 7) is 13.3. The van der Waals surface area contributed by atoms with Crippen molar-refractivity contribution >= 4 is 0 Å². The van der Waals surface area contributed by atoms with Gasteiger partial charge in [-0.2, -0.15) is 0 Å². The average Bonchev–Trinajstić information content (AvgIpc) is 2.40. The highest BCUT2D eigenvalue weighted by atomic mass is 15.3. The molecule has 0 fully saturated rings. The van der Waals surface area contributed by atoms with Gasteiger partial charge in [0.2, 0.25) is 0 Å². The average molecular weight is 234 g/mol. The molecular weight excluding hydrogens is 208 g/mol. The third kappa shape index (κ3) is 3.55.